The SMILES string of the molecule is c1ccc2ncc(-c3cc4n(n3)CCC43CN(Cc4n[nH]c5ccccc45)C3)cc2c1. The van der Waals surface area contributed by atoms with Crippen LogP contribution in [0.5, 0.6) is 0 Å². The second-order valence-corrected chi connectivity index (χ2v) is 8.95. The number of nitrogens with zero attached hydrogens (tertiary/aromatic N) is 5. The van der Waals surface area contributed by atoms with Gasteiger partial charge in [-0.15, -0.1) is 0 Å². The fourth-order valence-electron chi connectivity index (χ4n) is 5.41. The van der Waals surface area contributed by atoms with Gasteiger partial charge in [0.25, 0.3) is 0 Å². The van der Waals surface area contributed by atoms with Crippen LogP contribution in [0.3, 0.4) is 0 Å². The summed E-state index contributed by atoms with van der Waals surface area (Å²) in [5.41, 5.74) is 7.00. The van der Waals surface area contributed by atoms with Crippen LogP contribution in [0.1, 0.15) is 17.8 Å². The highest BCUT2D eigenvalue weighted by atomic mass is 15.3. The number of nitrogens with one attached hydrogen (secondary N) is 1. The van der Waals surface area contributed by atoms with E-state index in [-0.39, 0.29) is 5.41 Å². The number of hydrogen-bond donors (Lipinski definition) is 1. The number of aryl methyl sites for hydroxylation is 1. The first-order valence-electron chi connectivity index (χ1n) is 10.9. The number of fused-ring (bicyclic) bond motifs is 4. The van der Waals surface area contributed by atoms with Gasteiger partial charge in [-0.3, -0.25) is 19.7 Å². The van der Waals surface area contributed by atoms with Gasteiger partial charge in [-0.1, -0.05) is 36.4 Å². The summed E-state index contributed by atoms with van der Waals surface area (Å²) < 4.78 is 2.21. The Bertz CT molecular complexity index is 1440. The highest BCUT2D eigenvalue weighted by molar-refractivity contribution is 5.83. The molecule has 0 atom stereocenters. The highest BCUT2D eigenvalue weighted by Crippen LogP contribution is 2.44. The molecule has 3 aromatic heterocycles. The number of para-hydroxylation sites is 2. The van der Waals surface area contributed by atoms with E-state index < -0.39 is 0 Å². The van der Waals surface area contributed by atoms with Crippen molar-refractivity contribution in [3.05, 3.63) is 78.2 Å². The van der Waals surface area contributed by atoms with Crippen molar-refractivity contribution >= 4 is 21.8 Å². The van der Waals surface area contributed by atoms with Gasteiger partial charge in [0.05, 0.1) is 22.4 Å². The Morgan fingerprint density at radius 1 is 1.00 bits per heavy atom. The number of aromatic amines is 1. The first-order chi connectivity index (χ1) is 15.3. The second kappa shape index (κ2) is 6.25. The van der Waals surface area contributed by atoms with Gasteiger partial charge in [0.15, 0.2) is 0 Å². The molecule has 0 saturated carbocycles. The maximum Gasteiger partial charge on any atom is 0.0942 e. The zero-order chi connectivity index (χ0) is 20.4. The summed E-state index contributed by atoms with van der Waals surface area (Å²) in [6.07, 6.45) is 3.12. The van der Waals surface area contributed by atoms with E-state index in [9.17, 15) is 0 Å². The molecule has 2 aliphatic rings. The molecule has 2 aliphatic heterocycles. The quantitative estimate of drug-likeness (QED) is 0.489. The van der Waals surface area contributed by atoms with E-state index in [0.717, 1.165) is 59.5 Å². The Labute approximate surface area is 179 Å². The van der Waals surface area contributed by atoms with Gasteiger partial charge in [0, 0.05) is 59.8 Å². The van der Waals surface area contributed by atoms with Gasteiger partial charge in [0.1, 0.15) is 0 Å². The number of aromatic nitrogens is 5. The zero-order valence-electron chi connectivity index (χ0n) is 17.1. The van der Waals surface area contributed by atoms with Gasteiger partial charge < -0.3 is 0 Å². The molecule has 0 bridgehead atoms. The lowest BCUT2D eigenvalue weighted by Crippen LogP contribution is -2.57. The van der Waals surface area contributed by atoms with Crippen LogP contribution in [0.15, 0.2) is 66.9 Å². The predicted molar refractivity (Wildman–Crippen MR) is 121 cm³/mol. The minimum absolute atomic E-state index is 0.224. The molecular weight excluding hydrogens is 384 g/mol. The third-order valence-corrected chi connectivity index (χ3v) is 6.99. The summed E-state index contributed by atoms with van der Waals surface area (Å²) >= 11 is 0. The van der Waals surface area contributed by atoms with Gasteiger partial charge in [-0.2, -0.15) is 10.2 Å². The van der Waals surface area contributed by atoms with Gasteiger partial charge in [-0.25, -0.2) is 0 Å². The van der Waals surface area contributed by atoms with Crippen LogP contribution in [-0.2, 0) is 18.5 Å². The molecule has 1 spiro atoms. The first kappa shape index (κ1) is 17.2. The average Bonchev–Trinajstić information content (AvgIpc) is 3.48. The summed E-state index contributed by atoms with van der Waals surface area (Å²) in [6.45, 7) is 4.02. The first-order valence-corrected chi connectivity index (χ1v) is 10.9. The highest BCUT2D eigenvalue weighted by Gasteiger charge is 2.49. The molecule has 1 N–H and O–H groups in total. The van der Waals surface area contributed by atoms with Gasteiger partial charge >= 0.3 is 0 Å². The maximum atomic E-state index is 4.93. The van der Waals surface area contributed by atoms with Crippen LogP contribution in [0.25, 0.3) is 33.1 Å². The Balaban J connectivity index is 1.14. The summed E-state index contributed by atoms with van der Waals surface area (Å²) in [6, 6.07) is 21.1. The molecule has 1 fully saturated rings. The Morgan fingerprint density at radius 3 is 2.84 bits per heavy atom. The lowest BCUT2D eigenvalue weighted by molar-refractivity contribution is 0.0573. The van der Waals surface area contributed by atoms with Gasteiger partial charge in [0.2, 0.25) is 0 Å². The second-order valence-electron chi connectivity index (χ2n) is 8.95. The third-order valence-electron chi connectivity index (χ3n) is 6.99. The maximum absolute atomic E-state index is 4.93. The summed E-state index contributed by atoms with van der Waals surface area (Å²) in [5, 5.41) is 15.0. The van der Waals surface area contributed by atoms with Crippen molar-refractivity contribution in [2.45, 2.75) is 24.9 Å². The Hall–Kier alpha value is -3.51. The fourth-order valence-corrected chi connectivity index (χ4v) is 5.41. The predicted octanol–water partition coefficient (Wildman–Crippen LogP) is 4.13. The molecule has 6 nitrogen and oxygen atoms in total. The smallest absolute Gasteiger partial charge is 0.0942 e. The van der Waals surface area contributed by atoms with E-state index in [1.165, 1.54) is 17.5 Å². The molecule has 0 amide bonds. The van der Waals surface area contributed by atoms with Crippen molar-refractivity contribution in [3.63, 3.8) is 0 Å². The van der Waals surface area contributed by atoms with Crippen LogP contribution >= 0.6 is 0 Å². The number of pyridine rings is 1. The molecule has 2 aromatic carbocycles. The third kappa shape index (κ3) is 2.58. The monoisotopic (exact) mass is 406 g/mol. The van der Waals surface area contributed by atoms with Crippen molar-refractivity contribution in [2.24, 2.45) is 0 Å². The molecule has 0 aliphatic carbocycles. The topological polar surface area (TPSA) is 62.6 Å². The minimum atomic E-state index is 0.224. The van der Waals surface area contributed by atoms with Crippen molar-refractivity contribution in [3.8, 4) is 11.3 Å². The van der Waals surface area contributed by atoms with Crippen LogP contribution in [-0.4, -0.2) is 43.0 Å². The van der Waals surface area contributed by atoms with E-state index in [1.54, 1.807) is 0 Å². The fraction of sp³-hybridized carbons (Fsp3) is 0.240. The Morgan fingerprint density at radius 2 is 1.87 bits per heavy atom. The zero-order valence-corrected chi connectivity index (χ0v) is 17.1. The van der Waals surface area contributed by atoms with Crippen molar-refractivity contribution < 1.29 is 0 Å². The number of likely N-dealkylation sites (tertiary alicyclic amines) is 1. The van der Waals surface area contributed by atoms with E-state index in [1.807, 2.05) is 24.4 Å². The number of rotatable bonds is 3. The van der Waals surface area contributed by atoms with Crippen molar-refractivity contribution in [1.82, 2.24) is 29.9 Å². The minimum Gasteiger partial charge on any atom is -0.295 e. The van der Waals surface area contributed by atoms with E-state index in [2.05, 4.69) is 67.2 Å². The van der Waals surface area contributed by atoms with E-state index >= 15 is 0 Å². The molecular formula is C25H22N6. The molecule has 31 heavy (non-hydrogen) atoms. The molecule has 6 heteroatoms. The number of H-pyrrole nitrogens is 1. The van der Waals surface area contributed by atoms with Crippen LogP contribution < -0.4 is 0 Å². The van der Waals surface area contributed by atoms with Crippen LogP contribution in [0.4, 0.5) is 0 Å². The Kier molecular flexibility index (Phi) is 3.47. The molecule has 152 valence electrons. The normalized spacial score (nSPS) is 17.4. The van der Waals surface area contributed by atoms with Crippen LogP contribution in [0.2, 0.25) is 0 Å². The molecule has 7 rings (SSSR count). The molecule has 0 unspecified atom stereocenters. The summed E-state index contributed by atoms with van der Waals surface area (Å²) in [7, 11) is 0. The average molecular weight is 406 g/mol. The lowest BCUT2D eigenvalue weighted by Gasteiger charge is -2.47. The van der Waals surface area contributed by atoms with Crippen molar-refractivity contribution in [1.29, 1.82) is 0 Å². The molecule has 0 radical (unpaired) electrons. The molecule has 5 heterocycles. The summed E-state index contributed by atoms with van der Waals surface area (Å²) in [4.78, 5) is 7.12. The standard InChI is InChI=1S/C25H22N6/c1-3-7-20-17(5-1)11-18(13-26-20)22-12-24-25(9-10-31(24)29-22)15-30(16-25)14-23-19-6-2-4-8-21(19)27-28-23/h1-8,11-13H,9-10,14-16H2,(H,27,28). The lowest BCUT2D eigenvalue weighted by atomic mass is 9.75. The van der Waals surface area contributed by atoms with E-state index in [4.69, 9.17) is 5.10 Å². The van der Waals surface area contributed by atoms with E-state index in [0.29, 0.717) is 0 Å². The largest absolute Gasteiger partial charge is 0.295 e. The molecule has 5 aromatic rings. The molecule has 1 saturated heterocycles. The summed E-state index contributed by atoms with van der Waals surface area (Å²) in [5.74, 6) is 0. The van der Waals surface area contributed by atoms with Crippen LogP contribution in [0, 0.1) is 0 Å². The van der Waals surface area contributed by atoms with Crippen molar-refractivity contribution in [2.75, 3.05) is 13.1 Å². The number of hydrogen-bond acceptors (Lipinski definition) is 4. The number of benzene rings is 2. The van der Waals surface area contributed by atoms with Gasteiger partial charge in [-0.05, 0) is 30.7 Å².